The van der Waals surface area contributed by atoms with Gasteiger partial charge in [-0.3, -0.25) is 0 Å². The molecule has 0 aromatic carbocycles. The summed E-state index contributed by atoms with van der Waals surface area (Å²) in [4.78, 5) is 23.6. The predicted molar refractivity (Wildman–Crippen MR) is 68.2 cm³/mol. The molecule has 18 heavy (non-hydrogen) atoms. The number of amides is 1. The minimum absolute atomic E-state index is 0.107. The first-order valence-corrected chi connectivity index (χ1v) is 6.57. The van der Waals surface area contributed by atoms with E-state index < -0.39 is 23.2 Å². The molecule has 1 aliphatic heterocycles. The van der Waals surface area contributed by atoms with Crippen LogP contribution in [-0.2, 0) is 19.0 Å². The molecule has 1 saturated heterocycles. The van der Waals surface area contributed by atoms with E-state index in [1.807, 2.05) is 0 Å². The second kappa shape index (κ2) is 5.85. The van der Waals surface area contributed by atoms with Crippen molar-refractivity contribution in [2.24, 2.45) is 0 Å². The number of carbonyl (C=O) groups is 2. The molecule has 1 fully saturated rings. The van der Waals surface area contributed by atoms with Crippen LogP contribution in [0.1, 0.15) is 27.2 Å². The molecule has 0 bridgehead atoms. The normalized spacial score (nSPS) is 23.6. The number of rotatable bonds is 3. The molecule has 1 rings (SSSR count). The van der Waals surface area contributed by atoms with Crippen LogP contribution in [0.25, 0.3) is 0 Å². The second-order valence-electron chi connectivity index (χ2n) is 5.11. The van der Waals surface area contributed by atoms with Gasteiger partial charge in [0.15, 0.2) is 5.54 Å². The zero-order valence-corrected chi connectivity index (χ0v) is 12.1. The lowest BCUT2D eigenvalue weighted by molar-refractivity contribution is -0.149. The molecule has 0 saturated carbocycles. The number of hydrogen-bond acceptors (Lipinski definition) is 5. The lowest BCUT2D eigenvalue weighted by Crippen LogP contribution is -2.56. The Balaban J connectivity index is 2.69. The van der Waals surface area contributed by atoms with Gasteiger partial charge < -0.3 is 19.5 Å². The van der Waals surface area contributed by atoms with Crippen LogP contribution in [0.2, 0.25) is 0 Å². The molecule has 104 valence electrons. The molecular weight excluding hydrogens is 257 g/mol. The molecule has 0 radical (unpaired) electrons. The molecule has 2 atom stereocenters. The van der Waals surface area contributed by atoms with Gasteiger partial charge in [-0.25, -0.2) is 9.59 Å². The highest BCUT2D eigenvalue weighted by Gasteiger charge is 2.46. The molecule has 6 nitrogen and oxygen atoms in total. The highest BCUT2D eigenvalue weighted by atomic mass is 31.0. The monoisotopic (exact) mass is 277 g/mol. The number of nitrogens with one attached hydrogen (secondary N) is 1. The summed E-state index contributed by atoms with van der Waals surface area (Å²) in [5.41, 5.74) is -1.74. The Labute approximate surface area is 109 Å². The Kier molecular flexibility index (Phi) is 4.93. The van der Waals surface area contributed by atoms with Crippen LogP contribution in [0.4, 0.5) is 4.79 Å². The van der Waals surface area contributed by atoms with Gasteiger partial charge in [-0.1, -0.05) is 9.24 Å². The quantitative estimate of drug-likeness (QED) is 0.616. The number of alkyl carbamates (subject to hydrolysis) is 1. The van der Waals surface area contributed by atoms with Gasteiger partial charge in [-0.2, -0.15) is 0 Å². The maximum absolute atomic E-state index is 11.9. The Hall–Kier alpha value is -0.870. The van der Waals surface area contributed by atoms with Gasteiger partial charge in [0.2, 0.25) is 0 Å². The van der Waals surface area contributed by atoms with E-state index in [0.29, 0.717) is 13.0 Å². The lowest BCUT2D eigenvalue weighted by Gasteiger charge is -2.28. The van der Waals surface area contributed by atoms with Crippen molar-refractivity contribution in [2.75, 3.05) is 19.6 Å². The summed E-state index contributed by atoms with van der Waals surface area (Å²) in [5, 5.41) is 2.56. The van der Waals surface area contributed by atoms with E-state index in [1.54, 1.807) is 20.8 Å². The average molecular weight is 277 g/mol. The highest BCUT2D eigenvalue weighted by molar-refractivity contribution is 7.16. The van der Waals surface area contributed by atoms with Crippen molar-refractivity contribution < 1.29 is 23.8 Å². The molecule has 1 aliphatic rings. The summed E-state index contributed by atoms with van der Waals surface area (Å²) in [7, 11) is 2.29. The fourth-order valence-electron chi connectivity index (χ4n) is 1.59. The first-order chi connectivity index (χ1) is 8.29. The van der Waals surface area contributed by atoms with E-state index in [9.17, 15) is 9.59 Å². The van der Waals surface area contributed by atoms with E-state index >= 15 is 0 Å². The predicted octanol–water partition coefficient (Wildman–Crippen LogP) is 1.05. The smallest absolute Gasteiger partial charge is 0.408 e. The SMILES string of the molecule is CC(C)(C)OC(=O)NC1(C(=O)OCP)CCOC1. The minimum Gasteiger partial charge on any atom is -0.460 e. The van der Waals surface area contributed by atoms with Crippen molar-refractivity contribution in [3.05, 3.63) is 0 Å². The standard InChI is InChI=1S/C11H20NO5P/c1-10(2,3)17-9(14)12-11(4-5-15-6-11)8(13)16-7-18/h4-7,18H2,1-3H3,(H,12,14). The third-order valence-electron chi connectivity index (χ3n) is 2.37. The van der Waals surface area contributed by atoms with Gasteiger partial charge in [0.1, 0.15) is 11.9 Å². The number of hydrogen-bond donors (Lipinski definition) is 1. The van der Waals surface area contributed by atoms with Crippen LogP contribution >= 0.6 is 9.24 Å². The van der Waals surface area contributed by atoms with Gasteiger partial charge in [0.25, 0.3) is 0 Å². The van der Waals surface area contributed by atoms with Gasteiger partial charge in [0.05, 0.1) is 6.61 Å². The number of esters is 1. The largest absolute Gasteiger partial charge is 0.460 e. The molecule has 1 heterocycles. The maximum Gasteiger partial charge on any atom is 0.408 e. The zero-order chi connectivity index (χ0) is 13.8. The Morgan fingerprint density at radius 1 is 1.44 bits per heavy atom. The van der Waals surface area contributed by atoms with Gasteiger partial charge in [-0.15, -0.1) is 0 Å². The van der Waals surface area contributed by atoms with E-state index in [4.69, 9.17) is 14.2 Å². The van der Waals surface area contributed by atoms with Gasteiger partial charge >= 0.3 is 12.1 Å². The lowest BCUT2D eigenvalue weighted by atomic mass is 9.99. The molecule has 0 aliphatic carbocycles. The van der Waals surface area contributed by atoms with E-state index in [-0.39, 0.29) is 13.0 Å². The van der Waals surface area contributed by atoms with E-state index in [1.165, 1.54) is 0 Å². The van der Waals surface area contributed by atoms with Crippen LogP contribution in [0.3, 0.4) is 0 Å². The molecule has 0 aromatic rings. The maximum atomic E-state index is 11.9. The zero-order valence-electron chi connectivity index (χ0n) is 10.9. The van der Waals surface area contributed by atoms with Crippen LogP contribution < -0.4 is 5.32 Å². The average Bonchev–Trinajstić information content (AvgIpc) is 2.64. The second-order valence-corrected chi connectivity index (χ2v) is 5.44. The fourth-order valence-corrected chi connectivity index (χ4v) is 1.74. The first-order valence-electron chi connectivity index (χ1n) is 5.75. The van der Waals surface area contributed by atoms with Crippen molar-refractivity contribution in [3.8, 4) is 0 Å². The fraction of sp³-hybridized carbons (Fsp3) is 0.818. The molecule has 0 aromatic heterocycles. The molecule has 1 amide bonds. The molecule has 2 unspecified atom stereocenters. The molecule has 1 N–H and O–H groups in total. The van der Waals surface area contributed by atoms with Gasteiger partial charge in [-0.05, 0) is 20.8 Å². The van der Waals surface area contributed by atoms with E-state index in [2.05, 4.69) is 14.6 Å². The summed E-state index contributed by atoms with van der Waals surface area (Å²) in [6.45, 7) is 5.78. The Morgan fingerprint density at radius 3 is 2.56 bits per heavy atom. The molecular formula is C11H20NO5P. The van der Waals surface area contributed by atoms with Crippen LogP contribution in [0, 0.1) is 0 Å². The van der Waals surface area contributed by atoms with Crippen molar-refractivity contribution >= 4 is 21.3 Å². The summed E-state index contributed by atoms with van der Waals surface area (Å²) in [5.74, 6) is -0.499. The van der Waals surface area contributed by atoms with Gasteiger partial charge in [0, 0.05) is 13.0 Å². The van der Waals surface area contributed by atoms with Crippen molar-refractivity contribution in [2.45, 2.75) is 38.3 Å². The van der Waals surface area contributed by atoms with Crippen molar-refractivity contribution in [1.29, 1.82) is 0 Å². The third-order valence-corrected chi connectivity index (χ3v) is 2.53. The van der Waals surface area contributed by atoms with Crippen molar-refractivity contribution in [3.63, 3.8) is 0 Å². The molecule has 0 spiro atoms. The Bertz CT molecular complexity index is 320. The highest BCUT2D eigenvalue weighted by Crippen LogP contribution is 2.21. The topological polar surface area (TPSA) is 73.9 Å². The first kappa shape index (κ1) is 15.2. The van der Waals surface area contributed by atoms with E-state index in [0.717, 1.165) is 0 Å². The van der Waals surface area contributed by atoms with Crippen molar-refractivity contribution in [1.82, 2.24) is 5.32 Å². The minimum atomic E-state index is -1.13. The van der Waals surface area contributed by atoms with Crippen LogP contribution in [-0.4, -0.2) is 42.8 Å². The summed E-state index contributed by atoms with van der Waals surface area (Å²) in [6.07, 6.45) is -0.0829. The Morgan fingerprint density at radius 2 is 2.11 bits per heavy atom. The third kappa shape index (κ3) is 4.10. The summed E-state index contributed by atoms with van der Waals surface area (Å²) < 4.78 is 15.2. The number of carbonyl (C=O) groups excluding carboxylic acids is 2. The number of ether oxygens (including phenoxy) is 3. The molecule has 7 heteroatoms. The van der Waals surface area contributed by atoms with Crippen LogP contribution in [0.15, 0.2) is 0 Å². The summed E-state index contributed by atoms with van der Waals surface area (Å²) in [6, 6.07) is 0. The van der Waals surface area contributed by atoms with Crippen LogP contribution in [0.5, 0.6) is 0 Å². The summed E-state index contributed by atoms with van der Waals surface area (Å²) >= 11 is 0.